The van der Waals surface area contributed by atoms with E-state index in [-0.39, 0.29) is 22.8 Å². The molecule has 1 radical (unpaired) electrons. The van der Waals surface area contributed by atoms with E-state index in [2.05, 4.69) is 10.3 Å². The molecule has 3 aliphatic rings. The van der Waals surface area contributed by atoms with Gasteiger partial charge in [0, 0.05) is 23.5 Å². The predicted molar refractivity (Wildman–Crippen MR) is 155 cm³/mol. The Kier molecular flexibility index (Phi) is 6.65. The Morgan fingerprint density at radius 2 is 1.77 bits per heavy atom. The molecule has 0 unspecified atom stereocenters. The number of fused-ring (bicyclic) bond motifs is 3. The number of carbonyl (C=O) groups is 3. The zero-order valence-electron chi connectivity index (χ0n) is 23.8. The monoisotopic (exact) mass is 601 g/mol. The summed E-state index contributed by atoms with van der Waals surface area (Å²) in [6.07, 6.45) is -0.289. The number of phenolic OH excluding ortho intramolecular Hbond substituents is 1. The van der Waals surface area contributed by atoms with Gasteiger partial charge >= 0.3 is 0 Å². The number of Topliss-reactive ketones (excluding diaryl/α,β-unsaturated/α-hetero) is 2. The van der Waals surface area contributed by atoms with Gasteiger partial charge in [-0.15, -0.1) is 0 Å². The van der Waals surface area contributed by atoms with E-state index in [0.717, 1.165) is 5.56 Å². The molecule has 0 saturated heterocycles. The average molecular weight is 602 g/mol. The quantitative estimate of drug-likeness (QED) is 0.164. The molecule has 13 nitrogen and oxygen atoms in total. The number of aryl methyl sites for hydroxylation is 1. The van der Waals surface area contributed by atoms with Gasteiger partial charge in [-0.3, -0.25) is 19.3 Å². The van der Waals surface area contributed by atoms with E-state index in [4.69, 9.17) is 10.2 Å². The van der Waals surface area contributed by atoms with Crippen LogP contribution >= 0.6 is 0 Å². The van der Waals surface area contributed by atoms with Crippen LogP contribution in [0, 0.1) is 25.2 Å². The molecule has 1 amide bonds. The molecule has 1 saturated carbocycles. The maximum Gasteiger partial charge on any atom is 0.300 e. The number of aromatic nitrogens is 1. The number of rotatable bonds is 5. The standard InChI is InChI=1S/C31H29N4O9/c1-12-21(13-7-5-4-6-8-13)34-30(44-12)33-16-10-9-14-11-15-18(25(38)17(14)24(16)37)27(40)31(43)20(23(15)36)22(35(2)3)26(39)19(28(31)41)29(32)42/h4-11,15,20,22-23,36-38,41,43H,1-3H3,(H2,32,42)(H,33,34)/t15-,20-,22+,23+,31+/m0/s1. The number of nitrogens with two attached hydrogens (primary N) is 1. The number of ketones is 2. The maximum atomic E-state index is 14.0. The number of anilines is 2. The van der Waals surface area contributed by atoms with Crippen LogP contribution in [-0.4, -0.2) is 84.7 Å². The Balaban J connectivity index is 1.45. The summed E-state index contributed by atoms with van der Waals surface area (Å²) in [5.41, 5.74) is 2.30. The Bertz CT molecular complexity index is 1810. The first-order valence-corrected chi connectivity index (χ1v) is 13.6. The lowest BCUT2D eigenvalue weighted by Crippen LogP contribution is -2.70. The van der Waals surface area contributed by atoms with Gasteiger partial charge < -0.3 is 41.0 Å². The molecule has 1 aromatic heterocycles. The van der Waals surface area contributed by atoms with Crippen LogP contribution < -0.4 is 11.1 Å². The first-order chi connectivity index (χ1) is 20.8. The highest BCUT2D eigenvalue weighted by molar-refractivity contribution is 6.24. The number of aliphatic hydroxyl groups is 4. The SMILES string of the molecule is Cc1oc(Nc2ccc3c(c2O)C(O)=C2C(=O)[C@@]4(O)C(O)=C(C(N)=O)C(=O)[C@H](N(C)C)[C@H]4[C@H](O)[C@H]2[CH]3)nc1-c1ccccc1. The van der Waals surface area contributed by atoms with Crippen molar-refractivity contribution in [1.29, 1.82) is 0 Å². The minimum atomic E-state index is -2.99. The number of hydrogen-bond acceptors (Lipinski definition) is 12. The van der Waals surface area contributed by atoms with Crippen molar-refractivity contribution in [3.05, 3.63) is 82.7 Å². The molecular weight excluding hydrogens is 572 g/mol. The van der Waals surface area contributed by atoms with Crippen LogP contribution in [0.5, 0.6) is 5.75 Å². The summed E-state index contributed by atoms with van der Waals surface area (Å²) in [5, 5.41) is 59.8. The average Bonchev–Trinajstić information content (AvgIpc) is 3.34. The summed E-state index contributed by atoms with van der Waals surface area (Å²) in [5.74, 6) is -8.57. The summed E-state index contributed by atoms with van der Waals surface area (Å²) >= 11 is 0. The first-order valence-electron chi connectivity index (χ1n) is 13.6. The molecule has 3 aliphatic carbocycles. The fourth-order valence-electron chi connectivity index (χ4n) is 6.54. The molecule has 1 fully saturated rings. The fraction of sp³-hybridized carbons (Fsp3) is 0.258. The largest absolute Gasteiger partial charge is 0.508 e. The summed E-state index contributed by atoms with van der Waals surface area (Å²) in [4.78, 5) is 45.1. The van der Waals surface area contributed by atoms with Crippen LogP contribution in [0.3, 0.4) is 0 Å². The molecule has 227 valence electrons. The highest BCUT2D eigenvalue weighted by Gasteiger charge is 2.67. The number of benzene rings is 2. The molecule has 0 bridgehead atoms. The lowest BCUT2D eigenvalue weighted by atomic mass is 9.56. The minimum absolute atomic E-state index is 0.0402. The van der Waals surface area contributed by atoms with E-state index in [9.17, 15) is 39.9 Å². The predicted octanol–water partition coefficient (Wildman–Crippen LogP) is 1.65. The van der Waals surface area contributed by atoms with Crippen molar-refractivity contribution in [2.75, 3.05) is 19.4 Å². The minimum Gasteiger partial charge on any atom is -0.508 e. The Morgan fingerprint density at radius 1 is 1.09 bits per heavy atom. The van der Waals surface area contributed by atoms with Crippen molar-refractivity contribution >= 4 is 34.9 Å². The number of primary amides is 1. The van der Waals surface area contributed by atoms with Gasteiger partial charge in [0.15, 0.2) is 11.4 Å². The molecule has 8 N–H and O–H groups in total. The third-order valence-electron chi connectivity index (χ3n) is 8.54. The Hall–Kier alpha value is -4.98. The third kappa shape index (κ3) is 3.97. The smallest absolute Gasteiger partial charge is 0.300 e. The molecule has 0 aliphatic heterocycles. The molecule has 13 heteroatoms. The molecule has 3 aromatic rings. The summed E-state index contributed by atoms with van der Waals surface area (Å²) in [6, 6.07) is 10.9. The number of hydrogen-bond donors (Lipinski definition) is 7. The zero-order valence-corrected chi connectivity index (χ0v) is 23.8. The molecule has 2 aromatic carbocycles. The van der Waals surface area contributed by atoms with Gasteiger partial charge in [0.2, 0.25) is 5.78 Å². The molecular formula is C31H29N4O9. The number of amides is 1. The Morgan fingerprint density at radius 3 is 2.41 bits per heavy atom. The second-order valence-electron chi connectivity index (χ2n) is 11.3. The number of nitrogens with one attached hydrogen (secondary N) is 1. The second-order valence-corrected chi connectivity index (χ2v) is 11.3. The molecule has 0 spiro atoms. The van der Waals surface area contributed by atoms with Gasteiger partial charge in [-0.1, -0.05) is 36.4 Å². The van der Waals surface area contributed by atoms with Crippen LogP contribution in [-0.2, 0) is 14.4 Å². The van der Waals surface area contributed by atoms with E-state index >= 15 is 0 Å². The van der Waals surface area contributed by atoms with Crippen molar-refractivity contribution < 1.29 is 44.3 Å². The second kappa shape index (κ2) is 10.0. The van der Waals surface area contributed by atoms with Gasteiger partial charge in [-0.05, 0) is 32.6 Å². The van der Waals surface area contributed by atoms with E-state index < -0.39 is 75.5 Å². The van der Waals surface area contributed by atoms with E-state index in [0.29, 0.717) is 11.5 Å². The molecule has 44 heavy (non-hydrogen) atoms. The lowest BCUT2D eigenvalue weighted by molar-refractivity contribution is -0.167. The normalized spacial score (nSPS) is 26.4. The number of carbonyl (C=O) groups excluding carboxylic acids is 3. The van der Waals surface area contributed by atoms with Gasteiger partial charge in [-0.25, -0.2) is 0 Å². The van der Waals surface area contributed by atoms with Crippen molar-refractivity contribution in [3.8, 4) is 17.0 Å². The molecule has 6 rings (SSSR count). The topological polar surface area (TPSA) is 220 Å². The van der Waals surface area contributed by atoms with Gasteiger partial charge in [0.05, 0.1) is 29.3 Å². The first kappa shape index (κ1) is 29.1. The number of likely N-dealkylation sites (N-methyl/N-ethyl adjacent to an activating group) is 1. The number of nitrogens with zero attached hydrogens (tertiary/aromatic N) is 2. The third-order valence-corrected chi connectivity index (χ3v) is 8.54. The Labute approximate surface area is 250 Å². The van der Waals surface area contributed by atoms with Gasteiger partial charge in [-0.2, -0.15) is 4.98 Å². The van der Waals surface area contributed by atoms with Crippen molar-refractivity contribution in [2.24, 2.45) is 17.6 Å². The fourth-order valence-corrected chi connectivity index (χ4v) is 6.54. The number of oxazole rings is 1. The zero-order chi connectivity index (χ0) is 31.8. The van der Waals surface area contributed by atoms with Crippen LogP contribution in [0.25, 0.3) is 17.0 Å². The van der Waals surface area contributed by atoms with Crippen molar-refractivity contribution in [2.45, 2.75) is 24.7 Å². The maximum absolute atomic E-state index is 14.0. The summed E-state index contributed by atoms with van der Waals surface area (Å²) in [7, 11) is 2.88. The summed E-state index contributed by atoms with van der Waals surface area (Å²) in [6.45, 7) is 1.73. The van der Waals surface area contributed by atoms with Crippen molar-refractivity contribution in [1.82, 2.24) is 9.88 Å². The molecule has 1 heterocycles. The van der Waals surface area contributed by atoms with Crippen LogP contribution in [0.15, 0.2) is 63.8 Å². The number of aliphatic hydroxyl groups excluding tert-OH is 3. The van der Waals surface area contributed by atoms with Crippen LogP contribution in [0.4, 0.5) is 11.7 Å². The van der Waals surface area contributed by atoms with Gasteiger partial charge in [0.1, 0.15) is 34.3 Å². The number of phenols is 1. The number of aromatic hydroxyl groups is 1. The highest BCUT2D eigenvalue weighted by atomic mass is 16.4. The highest BCUT2D eigenvalue weighted by Crippen LogP contribution is 2.54. The van der Waals surface area contributed by atoms with Crippen molar-refractivity contribution in [3.63, 3.8) is 0 Å². The molecule has 5 atom stereocenters. The lowest BCUT2D eigenvalue weighted by Gasteiger charge is -2.52. The van der Waals surface area contributed by atoms with Crippen LogP contribution in [0.2, 0.25) is 0 Å². The van der Waals surface area contributed by atoms with E-state index in [1.54, 1.807) is 6.92 Å². The van der Waals surface area contributed by atoms with Crippen LogP contribution in [0.1, 0.15) is 16.9 Å². The van der Waals surface area contributed by atoms with E-state index in [1.165, 1.54) is 37.5 Å². The summed E-state index contributed by atoms with van der Waals surface area (Å²) < 4.78 is 5.73. The van der Waals surface area contributed by atoms with E-state index in [1.807, 2.05) is 30.3 Å². The van der Waals surface area contributed by atoms with Gasteiger partial charge in [0.25, 0.3) is 11.9 Å².